The molecular weight excluding hydrogens is 228 g/mol. The summed E-state index contributed by atoms with van der Waals surface area (Å²) in [4.78, 5) is 14.5. The number of esters is 1. The molecule has 0 aliphatic carbocycles. The van der Waals surface area contributed by atoms with Crippen LogP contribution >= 0.6 is 0 Å². The quantitative estimate of drug-likeness (QED) is 0.736. The van der Waals surface area contributed by atoms with Crippen molar-refractivity contribution in [3.8, 4) is 0 Å². The molecule has 1 N–H and O–H groups in total. The van der Waals surface area contributed by atoms with Gasteiger partial charge in [0.25, 0.3) is 0 Å². The van der Waals surface area contributed by atoms with Crippen LogP contribution in [0.15, 0.2) is 0 Å². The highest BCUT2D eigenvalue weighted by Gasteiger charge is 2.36. The molecule has 106 valence electrons. The van der Waals surface area contributed by atoms with E-state index in [0.29, 0.717) is 12.6 Å². The van der Waals surface area contributed by atoms with Crippen LogP contribution in [0.3, 0.4) is 0 Å². The van der Waals surface area contributed by atoms with Crippen molar-refractivity contribution < 1.29 is 9.53 Å². The molecule has 0 radical (unpaired) electrons. The normalized spacial score (nSPS) is 22.2. The third kappa shape index (κ3) is 3.95. The second-order valence-corrected chi connectivity index (χ2v) is 5.45. The van der Waals surface area contributed by atoms with Crippen molar-refractivity contribution in [1.82, 2.24) is 10.2 Å². The van der Waals surface area contributed by atoms with Crippen LogP contribution in [0.4, 0.5) is 0 Å². The fourth-order valence-corrected chi connectivity index (χ4v) is 2.66. The van der Waals surface area contributed by atoms with Crippen molar-refractivity contribution in [2.75, 3.05) is 26.7 Å². The van der Waals surface area contributed by atoms with Crippen LogP contribution in [0, 0.1) is 0 Å². The van der Waals surface area contributed by atoms with Gasteiger partial charge >= 0.3 is 5.97 Å². The van der Waals surface area contributed by atoms with Crippen LogP contribution in [0.5, 0.6) is 0 Å². The zero-order valence-electron chi connectivity index (χ0n) is 12.3. The Bertz CT molecular complexity index is 265. The van der Waals surface area contributed by atoms with Crippen molar-refractivity contribution in [2.45, 2.75) is 58.0 Å². The van der Waals surface area contributed by atoms with Gasteiger partial charge in [0.15, 0.2) is 0 Å². The van der Waals surface area contributed by atoms with E-state index < -0.39 is 5.54 Å². The molecule has 4 heteroatoms. The molecule has 0 saturated carbocycles. The molecular formula is C14H28N2O2. The van der Waals surface area contributed by atoms with E-state index in [1.54, 1.807) is 0 Å². The second-order valence-electron chi connectivity index (χ2n) is 5.45. The molecule has 1 aliphatic heterocycles. The van der Waals surface area contributed by atoms with E-state index in [9.17, 15) is 4.79 Å². The van der Waals surface area contributed by atoms with Crippen molar-refractivity contribution in [1.29, 1.82) is 0 Å². The lowest BCUT2D eigenvalue weighted by atomic mass is 9.92. The van der Waals surface area contributed by atoms with Gasteiger partial charge in [0.2, 0.25) is 0 Å². The first-order valence-corrected chi connectivity index (χ1v) is 7.13. The van der Waals surface area contributed by atoms with Gasteiger partial charge in [0.05, 0.1) is 6.61 Å². The van der Waals surface area contributed by atoms with E-state index in [1.807, 2.05) is 20.9 Å². The Morgan fingerprint density at radius 3 is 2.50 bits per heavy atom. The minimum Gasteiger partial charge on any atom is -0.465 e. The van der Waals surface area contributed by atoms with Crippen molar-refractivity contribution in [3.05, 3.63) is 0 Å². The van der Waals surface area contributed by atoms with Crippen molar-refractivity contribution >= 4 is 5.97 Å². The van der Waals surface area contributed by atoms with Gasteiger partial charge in [-0.05, 0) is 60.2 Å². The van der Waals surface area contributed by atoms with Gasteiger partial charge in [-0.25, -0.2) is 0 Å². The Balaban J connectivity index is 2.57. The van der Waals surface area contributed by atoms with Gasteiger partial charge in [-0.3, -0.25) is 4.79 Å². The highest BCUT2D eigenvalue weighted by atomic mass is 16.5. The average Bonchev–Trinajstić information content (AvgIpc) is 2.39. The van der Waals surface area contributed by atoms with Gasteiger partial charge in [0.1, 0.15) is 5.54 Å². The molecule has 1 aliphatic rings. The molecule has 1 rings (SSSR count). The highest BCUT2D eigenvalue weighted by Crippen LogP contribution is 2.21. The maximum atomic E-state index is 12.0. The largest absolute Gasteiger partial charge is 0.465 e. The zero-order chi connectivity index (χ0) is 13.6. The van der Waals surface area contributed by atoms with Crippen LogP contribution < -0.4 is 5.32 Å². The van der Waals surface area contributed by atoms with Gasteiger partial charge in [-0.15, -0.1) is 0 Å². The second kappa shape index (κ2) is 7.10. The van der Waals surface area contributed by atoms with E-state index in [2.05, 4.69) is 17.1 Å². The van der Waals surface area contributed by atoms with Crippen LogP contribution in [0.1, 0.15) is 46.5 Å². The molecule has 2 unspecified atom stereocenters. The number of hydrogen-bond acceptors (Lipinski definition) is 4. The number of likely N-dealkylation sites (N-methyl/N-ethyl adjacent to an activating group) is 1. The van der Waals surface area contributed by atoms with Crippen LogP contribution in [0.2, 0.25) is 0 Å². The first kappa shape index (κ1) is 15.4. The van der Waals surface area contributed by atoms with Crippen molar-refractivity contribution in [3.63, 3.8) is 0 Å². The predicted molar refractivity (Wildman–Crippen MR) is 73.6 cm³/mol. The average molecular weight is 256 g/mol. The first-order valence-electron chi connectivity index (χ1n) is 7.13. The fourth-order valence-electron chi connectivity index (χ4n) is 2.66. The Morgan fingerprint density at radius 1 is 1.39 bits per heavy atom. The van der Waals surface area contributed by atoms with Gasteiger partial charge < -0.3 is 15.0 Å². The van der Waals surface area contributed by atoms with E-state index in [1.165, 1.54) is 19.3 Å². The lowest BCUT2D eigenvalue weighted by Crippen LogP contribution is -2.53. The maximum absolute atomic E-state index is 12.0. The number of ether oxygens (including phenoxy) is 1. The third-order valence-corrected chi connectivity index (χ3v) is 4.00. The van der Waals surface area contributed by atoms with Crippen molar-refractivity contribution in [2.24, 2.45) is 0 Å². The van der Waals surface area contributed by atoms with Crippen LogP contribution in [0.25, 0.3) is 0 Å². The number of carbonyl (C=O) groups is 1. The minimum atomic E-state index is -0.577. The maximum Gasteiger partial charge on any atom is 0.326 e. The fraction of sp³-hybridized carbons (Fsp3) is 0.929. The summed E-state index contributed by atoms with van der Waals surface area (Å²) in [6.07, 6.45) is 4.69. The first-order chi connectivity index (χ1) is 8.53. The lowest BCUT2D eigenvalue weighted by Gasteiger charge is -2.37. The Hall–Kier alpha value is -0.610. The number of carbonyl (C=O) groups excluding carboxylic acids is 1. The Labute approximate surface area is 111 Å². The number of nitrogens with one attached hydrogen (secondary N) is 1. The molecule has 4 nitrogen and oxygen atoms in total. The van der Waals surface area contributed by atoms with E-state index >= 15 is 0 Å². The molecule has 0 aromatic rings. The lowest BCUT2D eigenvalue weighted by molar-refractivity contribution is -0.151. The molecule has 1 saturated heterocycles. The number of nitrogens with zero attached hydrogens (tertiary/aromatic N) is 1. The molecule has 1 heterocycles. The van der Waals surface area contributed by atoms with Crippen LogP contribution in [-0.4, -0.2) is 49.2 Å². The monoisotopic (exact) mass is 256 g/mol. The van der Waals surface area contributed by atoms with Crippen LogP contribution in [-0.2, 0) is 9.53 Å². The summed E-state index contributed by atoms with van der Waals surface area (Å²) in [7, 11) is 1.83. The van der Waals surface area contributed by atoms with Gasteiger partial charge in [0, 0.05) is 6.04 Å². The summed E-state index contributed by atoms with van der Waals surface area (Å²) >= 11 is 0. The molecule has 18 heavy (non-hydrogen) atoms. The summed E-state index contributed by atoms with van der Waals surface area (Å²) in [5, 5.41) is 3.13. The summed E-state index contributed by atoms with van der Waals surface area (Å²) in [5.74, 6) is -0.142. The minimum absolute atomic E-state index is 0.142. The summed E-state index contributed by atoms with van der Waals surface area (Å²) in [6.45, 7) is 8.75. The van der Waals surface area contributed by atoms with Gasteiger partial charge in [-0.1, -0.05) is 6.42 Å². The van der Waals surface area contributed by atoms with E-state index in [-0.39, 0.29) is 5.97 Å². The number of rotatable bonds is 6. The topological polar surface area (TPSA) is 41.6 Å². The van der Waals surface area contributed by atoms with E-state index in [0.717, 1.165) is 19.5 Å². The molecule has 0 aromatic carbocycles. The molecule has 1 fully saturated rings. The third-order valence-electron chi connectivity index (χ3n) is 4.00. The predicted octanol–water partition coefficient (Wildman–Crippen LogP) is 1.79. The number of likely N-dealkylation sites (tertiary alicyclic amines) is 1. The Kier molecular flexibility index (Phi) is 6.09. The standard InChI is InChI=1S/C14H28N2O2/c1-5-18-13(17)14(3,15-4)11-12(2)16-9-7-6-8-10-16/h12,15H,5-11H2,1-4H3. The number of piperidine rings is 1. The molecule has 2 atom stereocenters. The zero-order valence-corrected chi connectivity index (χ0v) is 12.3. The smallest absolute Gasteiger partial charge is 0.326 e. The highest BCUT2D eigenvalue weighted by molar-refractivity contribution is 5.80. The summed E-state index contributed by atoms with van der Waals surface area (Å²) in [5.41, 5.74) is -0.577. The Morgan fingerprint density at radius 2 is 2.00 bits per heavy atom. The molecule has 0 bridgehead atoms. The molecule has 0 aromatic heterocycles. The SMILES string of the molecule is CCOC(=O)C(C)(CC(C)N1CCCCC1)NC. The molecule has 0 amide bonds. The van der Waals surface area contributed by atoms with E-state index in [4.69, 9.17) is 4.74 Å². The summed E-state index contributed by atoms with van der Waals surface area (Å²) < 4.78 is 5.17. The number of hydrogen-bond donors (Lipinski definition) is 1. The molecule has 0 spiro atoms. The summed E-state index contributed by atoms with van der Waals surface area (Å²) in [6, 6.07) is 0.409. The van der Waals surface area contributed by atoms with Gasteiger partial charge in [-0.2, -0.15) is 0 Å².